The third kappa shape index (κ3) is 2.68. The van der Waals surface area contributed by atoms with Gasteiger partial charge in [-0.2, -0.15) is 0 Å². The largest absolute Gasteiger partial charge is 0.385 e. The fraction of sp³-hybridized carbons (Fsp3) is 0.278. The first-order valence-corrected chi connectivity index (χ1v) is 7.70. The number of nitrogens with zero attached hydrogens (tertiary/aromatic N) is 1. The molecule has 0 fully saturated rings. The van der Waals surface area contributed by atoms with Gasteiger partial charge in [0.15, 0.2) is 0 Å². The molecule has 0 radical (unpaired) electrons. The van der Waals surface area contributed by atoms with E-state index in [1.807, 2.05) is 18.2 Å². The third-order valence-corrected chi connectivity index (χ3v) is 4.51. The molecule has 0 spiro atoms. The van der Waals surface area contributed by atoms with Crippen LogP contribution in [0.5, 0.6) is 0 Å². The van der Waals surface area contributed by atoms with E-state index in [1.165, 1.54) is 12.1 Å². The lowest BCUT2D eigenvalue weighted by Crippen LogP contribution is -2.30. The van der Waals surface area contributed by atoms with Crippen LogP contribution in [0, 0.1) is 5.82 Å². The van der Waals surface area contributed by atoms with Gasteiger partial charge in [0.2, 0.25) is 0 Å². The molecule has 0 saturated heterocycles. The zero-order valence-electron chi connectivity index (χ0n) is 12.6. The molecule has 120 valence electrons. The Morgan fingerprint density at radius 3 is 2.91 bits per heavy atom. The molecular formula is C18H18ClFN2O. The van der Waals surface area contributed by atoms with E-state index >= 15 is 0 Å². The smallest absolute Gasteiger partial charge is 0.258 e. The molecule has 0 unspecified atom stereocenters. The van der Waals surface area contributed by atoms with E-state index < -0.39 is 0 Å². The highest BCUT2D eigenvalue weighted by Gasteiger charge is 2.28. The first kappa shape index (κ1) is 15.8. The first-order chi connectivity index (χ1) is 10.7. The maximum absolute atomic E-state index is 13.5. The Labute approximate surface area is 140 Å². The Bertz CT molecular complexity index is 763. The lowest BCUT2D eigenvalue weighted by atomic mass is 9.97. The molecule has 0 atom stereocenters. The normalized spacial score (nSPS) is 15.3. The fourth-order valence-electron chi connectivity index (χ4n) is 3.42. The van der Waals surface area contributed by atoms with Crippen LogP contribution in [0.1, 0.15) is 27.9 Å². The average molecular weight is 333 g/mol. The van der Waals surface area contributed by atoms with Gasteiger partial charge in [-0.3, -0.25) is 4.79 Å². The Morgan fingerprint density at radius 2 is 2.04 bits per heavy atom. The van der Waals surface area contributed by atoms with Gasteiger partial charge < -0.3 is 10.2 Å². The second-order valence-corrected chi connectivity index (χ2v) is 5.84. The van der Waals surface area contributed by atoms with Gasteiger partial charge in [0.1, 0.15) is 5.82 Å². The summed E-state index contributed by atoms with van der Waals surface area (Å²) >= 11 is 0. The molecule has 23 heavy (non-hydrogen) atoms. The maximum Gasteiger partial charge on any atom is 0.258 e. The standard InChI is InChI=1S/C18H17FN2O.ClH/c19-13-7-6-12-8-10-21(17(12)11-13)18(22)15-3-1-5-16-14(15)4-2-9-20-16;/h1,3,5-7,11,20H,2,4,8-10H2;1H. The second kappa shape index (κ2) is 6.20. The van der Waals surface area contributed by atoms with Crippen molar-refractivity contribution in [2.24, 2.45) is 0 Å². The summed E-state index contributed by atoms with van der Waals surface area (Å²) < 4.78 is 13.5. The summed E-state index contributed by atoms with van der Waals surface area (Å²) in [6, 6.07) is 10.5. The number of hydrogen-bond acceptors (Lipinski definition) is 2. The molecule has 5 heteroatoms. The molecule has 2 aromatic carbocycles. The van der Waals surface area contributed by atoms with Crippen LogP contribution in [-0.4, -0.2) is 19.0 Å². The highest BCUT2D eigenvalue weighted by atomic mass is 35.5. The Balaban J connectivity index is 0.00000156. The summed E-state index contributed by atoms with van der Waals surface area (Å²) in [6.07, 6.45) is 2.73. The average Bonchev–Trinajstić information content (AvgIpc) is 2.96. The summed E-state index contributed by atoms with van der Waals surface area (Å²) in [5.41, 5.74) is 4.63. The molecule has 1 amide bonds. The molecule has 2 aliphatic rings. The van der Waals surface area contributed by atoms with Gasteiger partial charge >= 0.3 is 0 Å². The van der Waals surface area contributed by atoms with Crippen molar-refractivity contribution < 1.29 is 9.18 Å². The lowest BCUT2D eigenvalue weighted by Gasteiger charge is -2.24. The number of carbonyl (C=O) groups is 1. The van der Waals surface area contributed by atoms with Crippen molar-refractivity contribution in [3.8, 4) is 0 Å². The third-order valence-electron chi connectivity index (χ3n) is 4.51. The van der Waals surface area contributed by atoms with Crippen LogP contribution in [0.15, 0.2) is 36.4 Å². The van der Waals surface area contributed by atoms with E-state index in [2.05, 4.69) is 5.32 Å². The number of fused-ring (bicyclic) bond motifs is 2. The van der Waals surface area contributed by atoms with Crippen LogP contribution in [0.2, 0.25) is 0 Å². The van der Waals surface area contributed by atoms with Crippen LogP contribution >= 0.6 is 12.4 Å². The molecule has 2 heterocycles. The Hall–Kier alpha value is -2.07. The number of hydrogen-bond donors (Lipinski definition) is 1. The summed E-state index contributed by atoms with van der Waals surface area (Å²) in [4.78, 5) is 14.7. The number of anilines is 2. The number of rotatable bonds is 1. The second-order valence-electron chi connectivity index (χ2n) is 5.84. The Kier molecular flexibility index (Phi) is 4.26. The van der Waals surface area contributed by atoms with Gasteiger partial charge in [-0.05, 0) is 54.7 Å². The van der Waals surface area contributed by atoms with Gasteiger partial charge in [-0.1, -0.05) is 12.1 Å². The monoisotopic (exact) mass is 332 g/mol. The van der Waals surface area contributed by atoms with Crippen molar-refractivity contribution in [2.75, 3.05) is 23.3 Å². The number of nitrogens with one attached hydrogen (secondary N) is 1. The zero-order chi connectivity index (χ0) is 15.1. The van der Waals surface area contributed by atoms with E-state index in [4.69, 9.17) is 0 Å². The van der Waals surface area contributed by atoms with Crippen LogP contribution in [0.25, 0.3) is 0 Å². The molecule has 0 aromatic heterocycles. The predicted molar refractivity (Wildman–Crippen MR) is 92.3 cm³/mol. The molecule has 0 aliphatic carbocycles. The molecular weight excluding hydrogens is 315 g/mol. The number of carbonyl (C=O) groups excluding carboxylic acids is 1. The van der Waals surface area contributed by atoms with E-state index in [0.717, 1.165) is 48.2 Å². The highest BCUT2D eigenvalue weighted by Crippen LogP contribution is 2.32. The minimum absolute atomic E-state index is 0. The van der Waals surface area contributed by atoms with Crippen LogP contribution in [0.3, 0.4) is 0 Å². The molecule has 1 N–H and O–H groups in total. The number of halogens is 2. The Morgan fingerprint density at radius 1 is 1.17 bits per heavy atom. The fourth-order valence-corrected chi connectivity index (χ4v) is 3.42. The van der Waals surface area contributed by atoms with Gasteiger partial charge in [0, 0.05) is 24.3 Å². The van der Waals surface area contributed by atoms with Crippen LogP contribution in [-0.2, 0) is 12.8 Å². The summed E-state index contributed by atoms with van der Waals surface area (Å²) in [5, 5.41) is 3.35. The maximum atomic E-state index is 13.5. The van der Waals surface area contributed by atoms with Crippen molar-refractivity contribution in [1.29, 1.82) is 0 Å². The SMILES string of the molecule is Cl.O=C(c1cccc2c1CCCN2)N1CCc2ccc(F)cc21. The van der Waals surface area contributed by atoms with Crippen molar-refractivity contribution in [1.82, 2.24) is 0 Å². The predicted octanol–water partition coefficient (Wildman–Crippen LogP) is 3.81. The van der Waals surface area contributed by atoms with E-state index in [1.54, 1.807) is 11.0 Å². The minimum atomic E-state index is -0.296. The quantitative estimate of drug-likeness (QED) is 0.861. The minimum Gasteiger partial charge on any atom is -0.385 e. The van der Waals surface area contributed by atoms with Gasteiger partial charge in [0.25, 0.3) is 5.91 Å². The summed E-state index contributed by atoms with van der Waals surface area (Å²) in [5.74, 6) is -0.319. The summed E-state index contributed by atoms with van der Waals surface area (Å²) in [7, 11) is 0. The van der Waals surface area contributed by atoms with Gasteiger partial charge in [-0.25, -0.2) is 4.39 Å². The van der Waals surface area contributed by atoms with Gasteiger partial charge in [0.05, 0.1) is 5.69 Å². The first-order valence-electron chi connectivity index (χ1n) is 7.70. The van der Waals surface area contributed by atoms with E-state index in [0.29, 0.717) is 12.2 Å². The van der Waals surface area contributed by atoms with E-state index in [9.17, 15) is 9.18 Å². The summed E-state index contributed by atoms with van der Waals surface area (Å²) in [6.45, 7) is 1.57. The van der Waals surface area contributed by atoms with E-state index in [-0.39, 0.29) is 24.1 Å². The van der Waals surface area contributed by atoms with Gasteiger partial charge in [-0.15, -0.1) is 12.4 Å². The van der Waals surface area contributed by atoms with Crippen LogP contribution in [0.4, 0.5) is 15.8 Å². The number of amides is 1. The van der Waals surface area contributed by atoms with Crippen molar-refractivity contribution in [2.45, 2.75) is 19.3 Å². The van der Waals surface area contributed by atoms with Crippen molar-refractivity contribution in [3.63, 3.8) is 0 Å². The number of benzene rings is 2. The molecule has 0 saturated carbocycles. The highest BCUT2D eigenvalue weighted by molar-refractivity contribution is 6.09. The van der Waals surface area contributed by atoms with Crippen molar-refractivity contribution in [3.05, 3.63) is 58.9 Å². The topological polar surface area (TPSA) is 32.3 Å². The lowest BCUT2D eigenvalue weighted by molar-refractivity contribution is 0.0988. The molecule has 3 nitrogen and oxygen atoms in total. The molecule has 4 rings (SSSR count). The molecule has 0 bridgehead atoms. The van der Waals surface area contributed by atoms with Crippen molar-refractivity contribution >= 4 is 29.7 Å². The van der Waals surface area contributed by atoms with Crippen LogP contribution < -0.4 is 10.2 Å². The zero-order valence-corrected chi connectivity index (χ0v) is 13.5. The molecule has 2 aliphatic heterocycles. The molecule has 2 aromatic rings.